The van der Waals surface area contributed by atoms with Crippen LogP contribution in [0.1, 0.15) is 17.0 Å². The number of esters is 2. The number of hydrogen-bond acceptors (Lipinski definition) is 6. The van der Waals surface area contributed by atoms with Gasteiger partial charge in [0.2, 0.25) is 11.8 Å². The molecule has 3 unspecified atom stereocenters. The molecule has 1 fully saturated rings. The minimum absolute atomic E-state index is 0.00495. The molecule has 3 rings (SSSR count). The monoisotopic (exact) mass is 396 g/mol. The van der Waals surface area contributed by atoms with Gasteiger partial charge in [-0.3, -0.25) is 14.4 Å². The summed E-state index contributed by atoms with van der Waals surface area (Å²) in [5.74, 6) is -3.99. The SMILES string of the molecule is COC(=O)C1NC(=O)C1NC(=O)C(C(=O)OCc1ccccc1)c1ccccc1. The molecule has 2 N–H and O–H groups in total. The smallest absolute Gasteiger partial charge is 0.331 e. The minimum atomic E-state index is -1.29. The summed E-state index contributed by atoms with van der Waals surface area (Å²) in [6.45, 7) is 0.00495. The quantitative estimate of drug-likeness (QED) is 0.404. The van der Waals surface area contributed by atoms with E-state index in [1.807, 2.05) is 18.2 Å². The van der Waals surface area contributed by atoms with E-state index in [1.54, 1.807) is 42.5 Å². The summed E-state index contributed by atoms with van der Waals surface area (Å²) in [7, 11) is 1.18. The predicted octanol–water partition coefficient (Wildman–Crippen LogP) is 0.670. The molecule has 0 saturated carbocycles. The third-order valence-electron chi connectivity index (χ3n) is 4.52. The van der Waals surface area contributed by atoms with Gasteiger partial charge in [0.05, 0.1) is 7.11 Å². The lowest BCUT2D eigenvalue weighted by Gasteiger charge is -2.35. The van der Waals surface area contributed by atoms with Gasteiger partial charge in [-0.1, -0.05) is 60.7 Å². The molecule has 1 aliphatic rings. The van der Waals surface area contributed by atoms with Gasteiger partial charge in [-0.05, 0) is 11.1 Å². The standard InChI is InChI=1S/C21H20N2O6/c1-28-21(27)17-16(19(25)23-17)22-18(24)15(14-10-6-3-7-11-14)20(26)29-12-13-8-4-2-5-9-13/h2-11,15-17H,12H2,1H3,(H,22,24)(H,23,25). The Balaban J connectivity index is 1.74. The van der Waals surface area contributed by atoms with Crippen LogP contribution in [0.2, 0.25) is 0 Å². The molecule has 0 spiro atoms. The van der Waals surface area contributed by atoms with Crippen molar-refractivity contribution in [1.82, 2.24) is 10.6 Å². The zero-order valence-electron chi connectivity index (χ0n) is 15.7. The normalized spacial score (nSPS) is 18.6. The van der Waals surface area contributed by atoms with Crippen LogP contribution < -0.4 is 10.6 Å². The summed E-state index contributed by atoms with van der Waals surface area (Å²) < 4.78 is 9.93. The van der Waals surface area contributed by atoms with Crippen LogP contribution in [0.25, 0.3) is 0 Å². The van der Waals surface area contributed by atoms with E-state index in [-0.39, 0.29) is 6.61 Å². The van der Waals surface area contributed by atoms with E-state index in [0.717, 1.165) is 5.56 Å². The first kappa shape index (κ1) is 20.1. The summed E-state index contributed by atoms with van der Waals surface area (Å²) in [5, 5.41) is 4.82. The number of methoxy groups -OCH3 is 1. The highest BCUT2D eigenvalue weighted by molar-refractivity contribution is 6.07. The van der Waals surface area contributed by atoms with E-state index >= 15 is 0 Å². The predicted molar refractivity (Wildman–Crippen MR) is 101 cm³/mol. The fraction of sp³-hybridized carbons (Fsp3) is 0.238. The average Bonchev–Trinajstić information content (AvgIpc) is 2.75. The van der Waals surface area contributed by atoms with Crippen molar-refractivity contribution in [3.63, 3.8) is 0 Å². The van der Waals surface area contributed by atoms with Crippen LogP contribution in [0.15, 0.2) is 60.7 Å². The summed E-state index contributed by atoms with van der Waals surface area (Å²) >= 11 is 0. The topological polar surface area (TPSA) is 111 Å². The Morgan fingerprint density at radius 2 is 1.66 bits per heavy atom. The van der Waals surface area contributed by atoms with Gasteiger partial charge < -0.3 is 20.1 Å². The summed E-state index contributed by atoms with van der Waals surface area (Å²) in [4.78, 5) is 49.1. The van der Waals surface area contributed by atoms with Crippen LogP contribution in [0, 0.1) is 0 Å². The molecule has 8 heteroatoms. The first-order valence-electron chi connectivity index (χ1n) is 8.95. The molecule has 1 saturated heterocycles. The molecule has 1 aliphatic heterocycles. The summed E-state index contributed by atoms with van der Waals surface area (Å²) in [6.07, 6.45) is 0. The molecule has 150 valence electrons. The van der Waals surface area contributed by atoms with Crippen LogP contribution in [-0.2, 0) is 35.3 Å². The van der Waals surface area contributed by atoms with Gasteiger partial charge in [0, 0.05) is 0 Å². The van der Waals surface area contributed by atoms with Crippen LogP contribution in [-0.4, -0.2) is 42.9 Å². The van der Waals surface area contributed by atoms with Gasteiger partial charge in [-0.25, -0.2) is 4.79 Å². The number of hydrogen-bond donors (Lipinski definition) is 2. The number of rotatable bonds is 7. The van der Waals surface area contributed by atoms with E-state index in [0.29, 0.717) is 5.56 Å². The van der Waals surface area contributed by atoms with Crippen molar-refractivity contribution < 1.29 is 28.7 Å². The molecule has 2 aromatic carbocycles. The number of ether oxygens (including phenoxy) is 2. The van der Waals surface area contributed by atoms with Crippen LogP contribution in [0.5, 0.6) is 0 Å². The average molecular weight is 396 g/mol. The maximum atomic E-state index is 12.9. The third-order valence-corrected chi connectivity index (χ3v) is 4.52. The molecule has 0 aromatic heterocycles. The fourth-order valence-electron chi connectivity index (χ4n) is 2.94. The van der Waals surface area contributed by atoms with Crippen LogP contribution in [0.4, 0.5) is 0 Å². The Morgan fingerprint density at radius 1 is 1.03 bits per heavy atom. The summed E-state index contributed by atoms with van der Waals surface area (Å²) in [6, 6.07) is 15.3. The lowest BCUT2D eigenvalue weighted by molar-refractivity contribution is -0.155. The van der Waals surface area contributed by atoms with Crippen molar-refractivity contribution in [3.8, 4) is 0 Å². The maximum Gasteiger partial charge on any atom is 0.331 e. The Morgan fingerprint density at radius 3 is 2.24 bits per heavy atom. The molecule has 3 atom stereocenters. The fourth-order valence-corrected chi connectivity index (χ4v) is 2.94. The molecule has 8 nitrogen and oxygen atoms in total. The van der Waals surface area contributed by atoms with Gasteiger partial charge >= 0.3 is 11.9 Å². The highest BCUT2D eigenvalue weighted by Crippen LogP contribution is 2.20. The lowest BCUT2D eigenvalue weighted by atomic mass is 9.94. The number of β-lactam (4-membered cyclic amide) rings is 1. The maximum absolute atomic E-state index is 12.9. The Hall–Kier alpha value is -3.68. The molecular formula is C21H20N2O6. The second-order valence-electron chi connectivity index (χ2n) is 6.43. The lowest BCUT2D eigenvalue weighted by Crippen LogP contribution is -2.72. The van der Waals surface area contributed by atoms with Gasteiger partial charge in [0.15, 0.2) is 12.0 Å². The molecule has 29 heavy (non-hydrogen) atoms. The first-order valence-corrected chi connectivity index (χ1v) is 8.95. The first-order chi connectivity index (χ1) is 14.0. The van der Waals surface area contributed by atoms with Crippen LogP contribution in [0.3, 0.4) is 0 Å². The molecule has 2 aromatic rings. The second kappa shape index (κ2) is 9.01. The van der Waals surface area contributed by atoms with Gasteiger partial charge in [0.25, 0.3) is 0 Å². The van der Waals surface area contributed by atoms with Gasteiger partial charge in [0.1, 0.15) is 12.6 Å². The number of amides is 2. The van der Waals surface area contributed by atoms with Gasteiger partial charge in [-0.2, -0.15) is 0 Å². The molecule has 0 radical (unpaired) electrons. The number of carbonyl (C=O) groups excluding carboxylic acids is 4. The number of nitrogens with one attached hydrogen (secondary N) is 2. The second-order valence-corrected chi connectivity index (χ2v) is 6.43. The Bertz CT molecular complexity index is 900. The largest absolute Gasteiger partial charge is 0.467 e. The summed E-state index contributed by atoms with van der Waals surface area (Å²) in [5.41, 5.74) is 1.19. The van der Waals surface area contributed by atoms with E-state index in [9.17, 15) is 19.2 Å². The molecule has 0 aliphatic carbocycles. The highest BCUT2D eigenvalue weighted by Gasteiger charge is 2.47. The molecule has 2 amide bonds. The zero-order chi connectivity index (χ0) is 20.8. The van der Waals surface area contributed by atoms with E-state index in [2.05, 4.69) is 15.4 Å². The van der Waals surface area contributed by atoms with Crippen molar-refractivity contribution >= 4 is 23.8 Å². The number of benzene rings is 2. The van der Waals surface area contributed by atoms with Crippen molar-refractivity contribution in [2.45, 2.75) is 24.6 Å². The zero-order valence-corrected chi connectivity index (χ0v) is 15.7. The highest BCUT2D eigenvalue weighted by atomic mass is 16.5. The van der Waals surface area contributed by atoms with Crippen LogP contribution >= 0.6 is 0 Å². The molecule has 1 heterocycles. The number of carbonyl (C=O) groups is 4. The third kappa shape index (κ3) is 4.60. The van der Waals surface area contributed by atoms with E-state index in [1.165, 1.54) is 7.11 Å². The minimum Gasteiger partial charge on any atom is -0.467 e. The van der Waals surface area contributed by atoms with Crippen molar-refractivity contribution in [2.24, 2.45) is 0 Å². The molecule has 0 bridgehead atoms. The Labute approximate surface area is 167 Å². The van der Waals surface area contributed by atoms with Crippen molar-refractivity contribution in [1.29, 1.82) is 0 Å². The van der Waals surface area contributed by atoms with E-state index in [4.69, 9.17) is 4.74 Å². The molecular weight excluding hydrogens is 376 g/mol. The van der Waals surface area contributed by atoms with Crippen molar-refractivity contribution in [3.05, 3.63) is 71.8 Å². The Kier molecular flexibility index (Phi) is 6.23. The van der Waals surface area contributed by atoms with Crippen molar-refractivity contribution in [2.75, 3.05) is 7.11 Å². The van der Waals surface area contributed by atoms with Gasteiger partial charge in [-0.15, -0.1) is 0 Å². The van der Waals surface area contributed by atoms with E-state index < -0.39 is 41.8 Å².